The van der Waals surface area contributed by atoms with Crippen molar-refractivity contribution in [3.05, 3.63) is 77.8 Å². The predicted octanol–water partition coefficient (Wildman–Crippen LogP) is 6.02. The molecule has 1 aliphatic heterocycles. The van der Waals surface area contributed by atoms with Crippen LogP contribution in [0.5, 0.6) is 5.75 Å². The molecule has 0 atom stereocenters. The topological polar surface area (TPSA) is 113 Å². The zero-order chi connectivity index (χ0) is 24.0. The van der Waals surface area contributed by atoms with Gasteiger partial charge in [0.1, 0.15) is 16.5 Å². The normalized spacial score (nSPS) is 12.7. The highest BCUT2D eigenvalue weighted by Gasteiger charge is 2.11. The van der Waals surface area contributed by atoms with E-state index in [-0.39, 0.29) is 12.6 Å². The molecule has 3 heterocycles. The number of amides is 2. The average molecular weight is 509 g/mol. The number of ether oxygens (including phenoxy) is 1. The molecule has 1 aliphatic rings. The average Bonchev–Trinajstić information content (AvgIpc) is 3.36. The smallest absolute Gasteiger partial charge is 0.319 e. The number of halogens is 1. The number of fused-ring (bicyclic) bond motifs is 6. The Hall–Kier alpha value is -3.89. The number of benzene rings is 2. The zero-order valence-corrected chi connectivity index (χ0v) is 19.9. The number of hydrogen-bond acceptors (Lipinski definition) is 8. The largest absolute Gasteiger partial charge is 0.493 e. The van der Waals surface area contributed by atoms with Gasteiger partial charge in [-0.25, -0.2) is 9.78 Å². The molecule has 0 radical (unpaired) electrons. The third kappa shape index (κ3) is 6.17. The first-order chi connectivity index (χ1) is 17.1. The fraction of sp³-hybridized carbons (Fsp3) is 0.125. The summed E-state index contributed by atoms with van der Waals surface area (Å²) in [5.41, 5.74) is 2.04. The van der Waals surface area contributed by atoms with Crippen molar-refractivity contribution in [2.24, 2.45) is 0 Å². The summed E-state index contributed by atoms with van der Waals surface area (Å²) >= 11 is 8.00. The lowest BCUT2D eigenvalue weighted by atomic mass is 10.2. The van der Waals surface area contributed by atoms with E-state index in [4.69, 9.17) is 20.8 Å². The first-order valence-corrected chi connectivity index (χ1v) is 12.1. The second-order valence-electron chi connectivity index (χ2n) is 7.50. The molecule has 0 fully saturated rings. The minimum absolute atomic E-state index is 0.270. The highest BCUT2D eigenvalue weighted by Crippen LogP contribution is 2.30. The van der Waals surface area contributed by atoms with Crippen LogP contribution in [0.15, 0.2) is 76.4 Å². The summed E-state index contributed by atoms with van der Waals surface area (Å²) in [5, 5.41) is 12.4. The molecule has 4 aromatic rings. The number of nitrogens with zero attached hydrogens (tertiary/aromatic N) is 2. The van der Waals surface area contributed by atoms with Crippen molar-refractivity contribution in [1.82, 2.24) is 15.3 Å². The number of carbonyl (C=O) groups is 1. The molecule has 178 valence electrons. The number of rotatable bonds is 3. The van der Waals surface area contributed by atoms with E-state index in [1.807, 2.05) is 30.3 Å². The zero-order valence-electron chi connectivity index (χ0n) is 18.4. The van der Waals surface area contributed by atoms with E-state index in [1.54, 1.807) is 42.3 Å². The van der Waals surface area contributed by atoms with Gasteiger partial charge in [0.25, 0.3) is 0 Å². The monoisotopic (exact) mass is 508 g/mol. The van der Waals surface area contributed by atoms with Gasteiger partial charge in [-0.2, -0.15) is 4.98 Å². The number of carbonyl (C=O) groups excluding carboxylic acids is 1. The molecule has 4 N–H and O–H groups in total. The molecule has 2 amide bonds. The molecule has 35 heavy (non-hydrogen) atoms. The van der Waals surface area contributed by atoms with Crippen LogP contribution in [0.1, 0.15) is 5.76 Å². The van der Waals surface area contributed by atoms with Gasteiger partial charge in [0.05, 0.1) is 25.6 Å². The summed E-state index contributed by atoms with van der Waals surface area (Å²) in [4.78, 5) is 22.3. The van der Waals surface area contributed by atoms with Gasteiger partial charge in [-0.05, 0) is 36.4 Å². The quantitative estimate of drug-likeness (QED) is 0.266. The first-order valence-electron chi connectivity index (χ1n) is 10.8. The third-order valence-electron chi connectivity index (χ3n) is 4.89. The van der Waals surface area contributed by atoms with Gasteiger partial charge in [0.2, 0.25) is 5.95 Å². The molecule has 5 rings (SSSR count). The SMILES string of the molecule is O=C(NCc1ccco1)Nc1cc2cc(c1)OCCSc1cccc(c1)Nc1nc(ncc1Cl)N2. The number of hydrogen-bond donors (Lipinski definition) is 4. The van der Waals surface area contributed by atoms with Crippen LogP contribution in [0.4, 0.5) is 33.6 Å². The molecule has 9 nitrogen and oxygen atoms in total. The number of anilines is 5. The van der Waals surface area contributed by atoms with Crippen LogP contribution in [-0.2, 0) is 6.54 Å². The van der Waals surface area contributed by atoms with E-state index >= 15 is 0 Å². The maximum atomic E-state index is 12.4. The van der Waals surface area contributed by atoms with Crippen molar-refractivity contribution in [3.8, 4) is 5.75 Å². The van der Waals surface area contributed by atoms with Crippen molar-refractivity contribution >= 4 is 58.2 Å². The van der Waals surface area contributed by atoms with Gasteiger partial charge in [0, 0.05) is 39.8 Å². The fourth-order valence-electron chi connectivity index (χ4n) is 3.35. The van der Waals surface area contributed by atoms with Crippen LogP contribution in [0, 0.1) is 0 Å². The Labute approximate surface area is 210 Å². The van der Waals surface area contributed by atoms with E-state index < -0.39 is 0 Å². The van der Waals surface area contributed by atoms with Crippen molar-refractivity contribution in [3.63, 3.8) is 0 Å². The third-order valence-corrected chi connectivity index (χ3v) is 6.12. The second-order valence-corrected chi connectivity index (χ2v) is 9.07. The summed E-state index contributed by atoms with van der Waals surface area (Å²) in [6, 6.07) is 16.5. The van der Waals surface area contributed by atoms with E-state index in [1.165, 1.54) is 6.20 Å². The number of furan rings is 1. The molecule has 0 aliphatic carbocycles. The van der Waals surface area contributed by atoms with Crippen LogP contribution < -0.4 is 26.0 Å². The lowest BCUT2D eigenvalue weighted by Gasteiger charge is -2.14. The molecule has 0 spiro atoms. The van der Waals surface area contributed by atoms with Gasteiger partial charge in [-0.15, -0.1) is 11.8 Å². The molecule has 11 heteroatoms. The number of nitrogens with one attached hydrogen (secondary N) is 4. The maximum Gasteiger partial charge on any atom is 0.319 e. The fourth-order valence-corrected chi connectivity index (χ4v) is 4.27. The minimum atomic E-state index is -0.376. The molecule has 0 unspecified atom stereocenters. The van der Waals surface area contributed by atoms with E-state index in [9.17, 15) is 4.79 Å². The second kappa shape index (κ2) is 10.6. The molecule has 0 saturated carbocycles. The highest BCUT2D eigenvalue weighted by molar-refractivity contribution is 7.99. The lowest BCUT2D eigenvalue weighted by molar-refractivity contribution is 0.251. The molecule has 6 bridgehead atoms. The number of aromatic nitrogens is 2. The summed E-state index contributed by atoms with van der Waals surface area (Å²) in [6.07, 6.45) is 3.08. The first kappa shape index (κ1) is 22.9. The summed E-state index contributed by atoms with van der Waals surface area (Å²) < 4.78 is 11.2. The Morgan fingerprint density at radius 2 is 2.06 bits per heavy atom. The standard InChI is InChI=1S/C24H21ClN6O3S/c25-21-14-26-23-29-16-9-17(30-24(32)27-13-18-4-2-6-33-18)11-19(10-16)34-7-8-35-20-5-1-3-15(12-20)28-22(21)31-23/h1-6,9-12,14H,7-8,13H2,(H2,27,30,32)(H2,26,28,29,31). The van der Waals surface area contributed by atoms with Crippen LogP contribution in [0.2, 0.25) is 5.02 Å². The predicted molar refractivity (Wildman–Crippen MR) is 137 cm³/mol. The summed E-state index contributed by atoms with van der Waals surface area (Å²) in [6.45, 7) is 0.748. The van der Waals surface area contributed by atoms with Crippen LogP contribution in [0.25, 0.3) is 0 Å². The molecule has 2 aromatic carbocycles. The van der Waals surface area contributed by atoms with Crippen LogP contribution in [-0.4, -0.2) is 28.4 Å². The van der Waals surface area contributed by atoms with Crippen LogP contribution in [0.3, 0.4) is 0 Å². The minimum Gasteiger partial charge on any atom is -0.493 e. The van der Waals surface area contributed by atoms with Gasteiger partial charge in [0.15, 0.2) is 5.82 Å². The molecular formula is C24H21ClN6O3S. The molecule has 2 aromatic heterocycles. The number of thioether (sulfide) groups is 1. The van der Waals surface area contributed by atoms with Crippen molar-refractivity contribution in [2.45, 2.75) is 11.4 Å². The molecule has 0 saturated heterocycles. The Kier molecular flexibility index (Phi) is 6.92. The Morgan fingerprint density at radius 3 is 2.94 bits per heavy atom. The molecular weight excluding hydrogens is 488 g/mol. The van der Waals surface area contributed by atoms with Crippen molar-refractivity contribution < 1.29 is 13.9 Å². The Balaban J connectivity index is 1.39. The van der Waals surface area contributed by atoms with Gasteiger partial charge < -0.3 is 30.4 Å². The number of urea groups is 1. The lowest BCUT2D eigenvalue weighted by Crippen LogP contribution is -2.28. The Morgan fingerprint density at radius 1 is 1.11 bits per heavy atom. The van der Waals surface area contributed by atoms with E-state index in [2.05, 4.69) is 31.2 Å². The van der Waals surface area contributed by atoms with E-state index in [0.717, 1.165) is 16.3 Å². The van der Waals surface area contributed by atoms with E-state index in [0.29, 0.717) is 46.3 Å². The summed E-state index contributed by atoms with van der Waals surface area (Å²) in [5.74, 6) is 2.80. The Bertz CT molecular complexity index is 1330. The van der Waals surface area contributed by atoms with Crippen molar-refractivity contribution in [1.29, 1.82) is 0 Å². The summed E-state index contributed by atoms with van der Waals surface area (Å²) in [7, 11) is 0. The van der Waals surface area contributed by atoms with Gasteiger partial charge in [-0.3, -0.25) is 0 Å². The van der Waals surface area contributed by atoms with Gasteiger partial charge >= 0.3 is 6.03 Å². The van der Waals surface area contributed by atoms with Crippen LogP contribution >= 0.6 is 23.4 Å². The van der Waals surface area contributed by atoms with Crippen molar-refractivity contribution in [2.75, 3.05) is 28.3 Å². The maximum absolute atomic E-state index is 12.4. The highest BCUT2D eigenvalue weighted by atomic mass is 35.5. The van der Waals surface area contributed by atoms with Gasteiger partial charge in [-0.1, -0.05) is 17.7 Å².